The van der Waals surface area contributed by atoms with Crippen molar-refractivity contribution in [1.29, 1.82) is 0 Å². The highest BCUT2D eigenvalue weighted by atomic mass is 16.5. The maximum atomic E-state index is 10.9. The third-order valence-electron chi connectivity index (χ3n) is 1.53. The van der Waals surface area contributed by atoms with Crippen LogP contribution in [-0.2, 0) is 6.42 Å². The minimum Gasteiger partial charge on any atom is -0.496 e. The highest BCUT2D eigenvalue weighted by molar-refractivity contribution is 5.20. The molecule has 1 unspecified atom stereocenters. The van der Waals surface area contributed by atoms with E-state index in [1.165, 1.54) is 13.2 Å². The van der Waals surface area contributed by atoms with Crippen LogP contribution in [0.3, 0.4) is 0 Å². The lowest BCUT2D eigenvalue weighted by Crippen LogP contribution is -2.08. The first-order chi connectivity index (χ1) is 6.11. The normalized spacial score (nSPS) is 12.5. The Morgan fingerprint density at radius 3 is 2.85 bits per heavy atom. The van der Waals surface area contributed by atoms with Crippen LogP contribution in [0.25, 0.3) is 0 Å². The molecule has 0 aromatic carbocycles. The lowest BCUT2D eigenvalue weighted by Gasteiger charge is -2.04. The second kappa shape index (κ2) is 4.09. The van der Waals surface area contributed by atoms with Crippen molar-refractivity contribution in [2.75, 3.05) is 7.11 Å². The standard InChI is InChI=1S/C9H12O4/c1-6(10)3-8-4-7(12-2)5-9(11)13-8/h4-6,10H,3H2,1-2H3. The Morgan fingerprint density at radius 2 is 2.31 bits per heavy atom. The van der Waals surface area contributed by atoms with Crippen LogP contribution in [-0.4, -0.2) is 18.3 Å². The minimum atomic E-state index is -0.532. The average Bonchev–Trinajstić information content (AvgIpc) is 2.01. The van der Waals surface area contributed by atoms with Gasteiger partial charge in [0.25, 0.3) is 0 Å². The number of hydrogen-bond donors (Lipinski definition) is 1. The molecule has 72 valence electrons. The van der Waals surface area contributed by atoms with Crippen LogP contribution in [0.15, 0.2) is 21.3 Å². The second-order valence-corrected chi connectivity index (χ2v) is 2.84. The van der Waals surface area contributed by atoms with Gasteiger partial charge in [-0.1, -0.05) is 0 Å². The molecule has 0 spiro atoms. The van der Waals surface area contributed by atoms with Crippen molar-refractivity contribution in [3.05, 3.63) is 28.3 Å². The molecule has 0 aliphatic heterocycles. The van der Waals surface area contributed by atoms with Crippen molar-refractivity contribution in [1.82, 2.24) is 0 Å². The summed E-state index contributed by atoms with van der Waals surface area (Å²) in [5.74, 6) is 0.881. The van der Waals surface area contributed by atoms with E-state index in [0.717, 1.165) is 0 Å². The van der Waals surface area contributed by atoms with Crippen molar-refractivity contribution >= 4 is 0 Å². The van der Waals surface area contributed by atoms with Crippen LogP contribution < -0.4 is 10.4 Å². The summed E-state index contributed by atoms with van der Waals surface area (Å²) in [4.78, 5) is 10.9. The zero-order valence-electron chi connectivity index (χ0n) is 7.61. The topological polar surface area (TPSA) is 59.7 Å². The molecule has 1 aromatic rings. The van der Waals surface area contributed by atoms with E-state index in [4.69, 9.17) is 14.3 Å². The second-order valence-electron chi connectivity index (χ2n) is 2.84. The first-order valence-corrected chi connectivity index (χ1v) is 3.98. The van der Waals surface area contributed by atoms with Gasteiger partial charge in [0.05, 0.1) is 19.3 Å². The number of aliphatic hydroxyl groups is 1. The Bertz CT molecular complexity index is 327. The van der Waals surface area contributed by atoms with Crippen LogP contribution >= 0.6 is 0 Å². The zero-order chi connectivity index (χ0) is 9.84. The fourth-order valence-corrected chi connectivity index (χ4v) is 1.01. The van der Waals surface area contributed by atoms with Crippen LogP contribution in [0.5, 0.6) is 5.75 Å². The summed E-state index contributed by atoms with van der Waals surface area (Å²) in [6, 6.07) is 2.85. The van der Waals surface area contributed by atoms with Gasteiger partial charge in [-0.05, 0) is 6.92 Å². The first-order valence-electron chi connectivity index (χ1n) is 3.98. The monoisotopic (exact) mass is 184 g/mol. The highest BCUT2D eigenvalue weighted by Gasteiger charge is 2.04. The quantitative estimate of drug-likeness (QED) is 0.746. The molecular weight excluding hydrogens is 172 g/mol. The molecule has 1 aromatic heterocycles. The van der Waals surface area contributed by atoms with Gasteiger partial charge in [0.2, 0.25) is 0 Å². The number of methoxy groups -OCH3 is 1. The molecule has 4 nitrogen and oxygen atoms in total. The Balaban J connectivity index is 2.95. The Kier molecular flexibility index (Phi) is 3.08. The van der Waals surface area contributed by atoms with Crippen LogP contribution in [0, 0.1) is 0 Å². The van der Waals surface area contributed by atoms with Crippen molar-refractivity contribution in [2.24, 2.45) is 0 Å². The maximum absolute atomic E-state index is 10.9. The molecule has 13 heavy (non-hydrogen) atoms. The van der Waals surface area contributed by atoms with E-state index in [1.807, 2.05) is 0 Å². The van der Waals surface area contributed by atoms with Crippen molar-refractivity contribution < 1.29 is 14.3 Å². The first kappa shape index (κ1) is 9.80. The van der Waals surface area contributed by atoms with Crippen molar-refractivity contribution in [3.63, 3.8) is 0 Å². The van der Waals surface area contributed by atoms with Gasteiger partial charge < -0.3 is 14.3 Å². The average molecular weight is 184 g/mol. The molecule has 0 saturated heterocycles. The number of rotatable bonds is 3. The van der Waals surface area contributed by atoms with Gasteiger partial charge >= 0.3 is 5.63 Å². The fraction of sp³-hybridized carbons (Fsp3) is 0.444. The van der Waals surface area contributed by atoms with Gasteiger partial charge in [0.1, 0.15) is 11.5 Å². The molecule has 1 rings (SSSR count). The van der Waals surface area contributed by atoms with E-state index in [0.29, 0.717) is 17.9 Å². The lowest BCUT2D eigenvalue weighted by atomic mass is 10.2. The molecule has 1 atom stereocenters. The van der Waals surface area contributed by atoms with E-state index < -0.39 is 11.7 Å². The lowest BCUT2D eigenvalue weighted by molar-refractivity contribution is 0.185. The summed E-state index contributed by atoms with van der Waals surface area (Å²) in [7, 11) is 1.47. The predicted molar refractivity (Wildman–Crippen MR) is 46.9 cm³/mol. The molecular formula is C9H12O4. The summed E-state index contributed by atoms with van der Waals surface area (Å²) >= 11 is 0. The maximum Gasteiger partial charge on any atom is 0.339 e. The molecule has 0 aliphatic rings. The molecule has 0 aliphatic carbocycles. The third kappa shape index (κ3) is 2.91. The van der Waals surface area contributed by atoms with Crippen LogP contribution in [0.4, 0.5) is 0 Å². The van der Waals surface area contributed by atoms with E-state index in [9.17, 15) is 4.79 Å². The van der Waals surface area contributed by atoms with Gasteiger partial charge in [0, 0.05) is 12.5 Å². The molecule has 0 fully saturated rings. The summed E-state index contributed by atoms with van der Waals surface area (Å²) in [6.45, 7) is 1.62. The smallest absolute Gasteiger partial charge is 0.339 e. The predicted octanol–water partition coefficient (Wildman–Crippen LogP) is 0.572. The zero-order valence-corrected chi connectivity index (χ0v) is 7.61. The number of hydrogen-bond acceptors (Lipinski definition) is 4. The Labute approximate surface area is 75.8 Å². The van der Waals surface area contributed by atoms with E-state index >= 15 is 0 Å². The summed E-state index contributed by atoms with van der Waals surface area (Å²) in [6.07, 6.45) is -0.220. The molecule has 4 heteroatoms. The largest absolute Gasteiger partial charge is 0.496 e. The summed E-state index contributed by atoms with van der Waals surface area (Å²) < 4.78 is 9.71. The molecule has 0 bridgehead atoms. The molecule has 0 saturated carbocycles. The van der Waals surface area contributed by atoms with Crippen LogP contribution in [0.2, 0.25) is 0 Å². The summed E-state index contributed by atoms with van der Waals surface area (Å²) in [5.41, 5.74) is -0.463. The fourth-order valence-electron chi connectivity index (χ4n) is 1.01. The number of ether oxygens (including phenoxy) is 1. The Hall–Kier alpha value is -1.29. The number of aliphatic hydroxyl groups excluding tert-OH is 1. The molecule has 0 radical (unpaired) electrons. The highest BCUT2D eigenvalue weighted by Crippen LogP contribution is 2.10. The Morgan fingerprint density at radius 1 is 1.62 bits per heavy atom. The van der Waals surface area contributed by atoms with Gasteiger partial charge in [0.15, 0.2) is 0 Å². The molecule has 0 amide bonds. The SMILES string of the molecule is COc1cc(CC(C)O)oc(=O)c1. The van der Waals surface area contributed by atoms with Gasteiger partial charge in [-0.2, -0.15) is 0 Å². The van der Waals surface area contributed by atoms with Gasteiger partial charge in [-0.3, -0.25) is 0 Å². The van der Waals surface area contributed by atoms with Gasteiger partial charge in [-0.15, -0.1) is 0 Å². The summed E-state index contributed by atoms with van der Waals surface area (Å²) in [5, 5.41) is 9.06. The minimum absolute atomic E-state index is 0.312. The van der Waals surface area contributed by atoms with Gasteiger partial charge in [-0.25, -0.2) is 4.79 Å². The van der Waals surface area contributed by atoms with Crippen molar-refractivity contribution in [3.8, 4) is 5.75 Å². The van der Waals surface area contributed by atoms with E-state index in [2.05, 4.69) is 0 Å². The third-order valence-corrected chi connectivity index (χ3v) is 1.53. The molecule has 1 heterocycles. The molecule has 1 N–H and O–H groups in total. The van der Waals surface area contributed by atoms with Crippen LogP contribution in [0.1, 0.15) is 12.7 Å². The van der Waals surface area contributed by atoms with E-state index in [-0.39, 0.29) is 0 Å². The van der Waals surface area contributed by atoms with E-state index in [1.54, 1.807) is 13.0 Å². The van der Waals surface area contributed by atoms with Crippen molar-refractivity contribution in [2.45, 2.75) is 19.4 Å².